The number of nitrogens with zero attached hydrogens (tertiary/aromatic N) is 3. The molecule has 1 aromatic heterocycles. The van der Waals surface area contributed by atoms with E-state index in [4.69, 9.17) is 23.7 Å². The number of likely N-dealkylation sites (N-methyl/N-ethyl adjacent to an activating group) is 2. The quantitative estimate of drug-likeness (QED) is 0.227. The van der Waals surface area contributed by atoms with Crippen LogP contribution in [0.2, 0.25) is 0 Å². The average molecular weight is 633 g/mol. The van der Waals surface area contributed by atoms with Gasteiger partial charge in [-0.15, -0.1) is 0 Å². The van der Waals surface area contributed by atoms with E-state index in [1.165, 1.54) is 22.3 Å². The summed E-state index contributed by atoms with van der Waals surface area (Å²) in [7, 11) is 9.44. The number of ether oxygens (including phenoxy) is 5. The van der Waals surface area contributed by atoms with Gasteiger partial charge in [-0.1, -0.05) is 12.1 Å². The van der Waals surface area contributed by atoms with Gasteiger partial charge in [-0.3, -0.25) is 9.80 Å². The summed E-state index contributed by atoms with van der Waals surface area (Å²) in [6.07, 6.45) is 5.08. The Balaban J connectivity index is 1.37. The highest BCUT2D eigenvalue weighted by Gasteiger charge is 2.35. The van der Waals surface area contributed by atoms with Crippen LogP contribution in [0.5, 0.6) is 40.2 Å². The second-order valence-electron chi connectivity index (χ2n) is 12.9. The van der Waals surface area contributed by atoms with Gasteiger partial charge in [0.05, 0.1) is 33.2 Å². The molecule has 0 radical (unpaired) electrons. The van der Waals surface area contributed by atoms with Crippen molar-refractivity contribution in [3.63, 3.8) is 0 Å². The number of aromatic amines is 1. The highest BCUT2D eigenvalue weighted by Crippen LogP contribution is 2.52. The molecule has 242 valence electrons. The van der Waals surface area contributed by atoms with Crippen LogP contribution in [0, 0.1) is 0 Å². The third kappa shape index (κ3) is 5.14. The molecule has 0 fully saturated rings. The van der Waals surface area contributed by atoms with Gasteiger partial charge in [0, 0.05) is 30.7 Å². The lowest BCUT2D eigenvalue weighted by Gasteiger charge is -2.37. The van der Waals surface area contributed by atoms with Gasteiger partial charge in [0.1, 0.15) is 11.3 Å². The first-order valence-electron chi connectivity index (χ1n) is 16.2. The zero-order valence-electron chi connectivity index (χ0n) is 27.6. The van der Waals surface area contributed by atoms with Crippen LogP contribution < -0.4 is 23.7 Å². The minimum Gasteiger partial charge on any atom is -0.493 e. The SMILES string of the molecule is COc1cc2c3cc1Oc1c(OC)c(OC)cc4c1[C@@H](Cc1cc(c5nc[nH]c5c1)Oc1ccc(cc1)C[C@@H]3N(C)CC2)N(C)CC4. The Kier molecular flexibility index (Phi) is 7.45. The molecule has 5 aromatic rings. The van der Waals surface area contributed by atoms with Gasteiger partial charge in [0.25, 0.3) is 0 Å². The molecule has 0 unspecified atom stereocenters. The van der Waals surface area contributed by atoms with Crippen molar-refractivity contribution in [3.05, 3.63) is 94.3 Å². The van der Waals surface area contributed by atoms with Crippen LogP contribution in [0.15, 0.2) is 60.9 Å². The predicted molar refractivity (Wildman–Crippen MR) is 181 cm³/mol. The summed E-state index contributed by atoms with van der Waals surface area (Å²) >= 11 is 0. The van der Waals surface area contributed by atoms with E-state index in [0.717, 1.165) is 66.0 Å². The second-order valence-corrected chi connectivity index (χ2v) is 12.9. The van der Waals surface area contributed by atoms with E-state index in [9.17, 15) is 0 Å². The summed E-state index contributed by atoms with van der Waals surface area (Å²) in [5.41, 5.74) is 8.90. The fourth-order valence-corrected chi connectivity index (χ4v) is 7.62. The van der Waals surface area contributed by atoms with Crippen LogP contribution in [0.4, 0.5) is 0 Å². The number of methoxy groups -OCH3 is 3. The molecule has 4 aromatic carbocycles. The van der Waals surface area contributed by atoms with Crippen molar-refractivity contribution in [3.8, 4) is 40.2 Å². The lowest BCUT2D eigenvalue weighted by atomic mass is 9.87. The van der Waals surface area contributed by atoms with E-state index >= 15 is 0 Å². The Hall–Kier alpha value is -4.73. The first-order valence-corrected chi connectivity index (χ1v) is 16.2. The molecule has 5 heterocycles. The van der Waals surface area contributed by atoms with Crippen molar-refractivity contribution < 1.29 is 23.7 Å². The topological polar surface area (TPSA) is 81.3 Å². The Morgan fingerprint density at radius 3 is 2.23 bits per heavy atom. The molecule has 0 spiro atoms. The maximum atomic E-state index is 7.05. The highest BCUT2D eigenvalue weighted by atomic mass is 16.5. The van der Waals surface area contributed by atoms with Crippen molar-refractivity contribution >= 4 is 11.0 Å². The zero-order chi connectivity index (χ0) is 32.2. The van der Waals surface area contributed by atoms with Gasteiger partial charge in [-0.2, -0.15) is 0 Å². The molecular formula is C38H40N4O5. The Morgan fingerprint density at radius 1 is 0.745 bits per heavy atom. The number of aromatic nitrogens is 2. The van der Waals surface area contributed by atoms with E-state index in [1.807, 2.05) is 0 Å². The Labute approximate surface area is 275 Å². The molecule has 2 atom stereocenters. The predicted octanol–water partition coefficient (Wildman–Crippen LogP) is 7.03. The molecule has 47 heavy (non-hydrogen) atoms. The first kappa shape index (κ1) is 29.7. The summed E-state index contributed by atoms with van der Waals surface area (Å²) in [6, 6.07) is 19.3. The molecule has 9 heteroatoms. The van der Waals surface area contributed by atoms with Crippen molar-refractivity contribution in [2.24, 2.45) is 0 Å². The maximum Gasteiger partial charge on any atom is 0.204 e. The van der Waals surface area contributed by atoms with E-state index in [-0.39, 0.29) is 12.1 Å². The van der Waals surface area contributed by atoms with E-state index in [1.54, 1.807) is 27.7 Å². The van der Waals surface area contributed by atoms with E-state index in [0.29, 0.717) is 35.2 Å². The number of hydrogen-bond acceptors (Lipinski definition) is 8. The number of nitrogens with one attached hydrogen (secondary N) is 1. The van der Waals surface area contributed by atoms with Crippen molar-refractivity contribution in [2.45, 2.75) is 37.8 Å². The smallest absolute Gasteiger partial charge is 0.204 e. The number of H-pyrrole nitrogens is 1. The highest BCUT2D eigenvalue weighted by molar-refractivity contribution is 5.82. The molecule has 4 aliphatic heterocycles. The first-order chi connectivity index (χ1) is 22.9. The van der Waals surface area contributed by atoms with Crippen molar-refractivity contribution in [2.75, 3.05) is 48.5 Å². The standard InChI is InChI=1S/C38H40N4O5/c1-41-12-10-24-18-31(43-3)32-20-27(24)29(41)15-22-6-8-26(9-7-22)46-33-17-23(14-28-36(33)40-21-39-28)16-30-35-25(11-13-42(30)2)19-34(44-4)37(45-5)38(35)47-32/h6-9,14,17-21,29-30H,10-13,15-16H2,1-5H3,(H,39,40)/t29-,30+/m0/s1. The van der Waals surface area contributed by atoms with Gasteiger partial charge < -0.3 is 28.7 Å². The number of imidazole rings is 1. The summed E-state index contributed by atoms with van der Waals surface area (Å²) in [5, 5.41) is 0. The van der Waals surface area contributed by atoms with Crippen LogP contribution in [0.1, 0.15) is 45.5 Å². The van der Waals surface area contributed by atoms with Gasteiger partial charge >= 0.3 is 0 Å². The van der Waals surface area contributed by atoms with Gasteiger partial charge in [-0.25, -0.2) is 4.98 Å². The monoisotopic (exact) mass is 632 g/mol. The summed E-state index contributed by atoms with van der Waals surface area (Å²) in [5.74, 6) is 4.77. The summed E-state index contributed by atoms with van der Waals surface area (Å²) in [4.78, 5) is 12.7. The average Bonchev–Trinajstić information content (AvgIpc) is 3.56. The second kappa shape index (κ2) is 11.8. The minimum atomic E-state index is -0.0116. The third-order valence-electron chi connectivity index (χ3n) is 10.2. The molecule has 0 amide bonds. The van der Waals surface area contributed by atoms with Gasteiger partial charge in [0.15, 0.2) is 28.7 Å². The lowest BCUT2D eigenvalue weighted by Crippen LogP contribution is -2.34. The molecule has 6 bridgehead atoms. The van der Waals surface area contributed by atoms with Crippen LogP contribution in [0.3, 0.4) is 0 Å². The van der Waals surface area contributed by atoms with Crippen LogP contribution in [-0.4, -0.2) is 68.3 Å². The fourth-order valence-electron chi connectivity index (χ4n) is 7.62. The molecular weight excluding hydrogens is 592 g/mol. The van der Waals surface area contributed by atoms with Gasteiger partial charge in [-0.05, 0) is 110 Å². The largest absolute Gasteiger partial charge is 0.493 e. The Morgan fingerprint density at radius 2 is 1.47 bits per heavy atom. The molecule has 4 aliphatic rings. The van der Waals surface area contributed by atoms with Crippen LogP contribution in [-0.2, 0) is 25.7 Å². The Bertz CT molecular complexity index is 1970. The summed E-state index contributed by atoms with van der Waals surface area (Å²) in [6.45, 7) is 1.86. The molecule has 0 aliphatic carbocycles. The van der Waals surface area contributed by atoms with Gasteiger partial charge in [0.2, 0.25) is 5.75 Å². The minimum absolute atomic E-state index is 0.0116. The van der Waals surface area contributed by atoms with Crippen molar-refractivity contribution in [1.82, 2.24) is 19.8 Å². The zero-order valence-corrected chi connectivity index (χ0v) is 27.6. The molecule has 1 N–H and O–H groups in total. The normalized spacial score (nSPS) is 19.3. The number of benzene rings is 4. The molecule has 9 rings (SSSR count). The molecule has 0 saturated carbocycles. The van der Waals surface area contributed by atoms with Crippen LogP contribution in [0.25, 0.3) is 11.0 Å². The number of fused-ring (bicyclic) bond motifs is 3. The van der Waals surface area contributed by atoms with Crippen LogP contribution >= 0.6 is 0 Å². The fraction of sp³-hybridized carbons (Fsp3) is 0.342. The van der Waals surface area contributed by atoms with E-state index in [2.05, 4.69) is 88.5 Å². The number of hydrogen-bond donors (Lipinski definition) is 1. The maximum absolute atomic E-state index is 7.05. The number of rotatable bonds is 3. The lowest BCUT2D eigenvalue weighted by molar-refractivity contribution is 0.220. The molecule has 0 saturated heterocycles. The summed E-state index contributed by atoms with van der Waals surface area (Å²) < 4.78 is 31.5. The van der Waals surface area contributed by atoms with Crippen molar-refractivity contribution in [1.29, 1.82) is 0 Å². The molecule has 9 nitrogen and oxygen atoms in total. The van der Waals surface area contributed by atoms with E-state index < -0.39 is 0 Å². The third-order valence-corrected chi connectivity index (χ3v) is 10.2.